The minimum absolute atomic E-state index is 0.180. The highest BCUT2D eigenvalue weighted by Gasteiger charge is 2.17. The van der Waals surface area contributed by atoms with E-state index in [1.807, 2.05) is 6.07 Å². The quantitative estimate of drug-likeness (QED) is 0.816. The lowest BCUT2D eigenvalue weighted by atomic mass is 10.2. The molecule has 0 fully saturated rings. The van der Waals surface area contributed by atoms with Crippen molar-refractivity contribution in [1.29, 1.82) is 0 Å². The van der Waals surface area contributed by atoms with Crippen LogP contribution in [0.15, 0.2) is 30.3 Å². The summed E-state index contributed by atoms with van der Waals surface area (Å²) in [5.41, 5.74) is 0.540. The molecule has 1 aromatic heterocycles. The van der Waals surface area contributed by atoms with E-state index in [4.69, 9.17) is 24.4 Å². The Balaban J connectivity index is 2.20. The second-order valence-electron chi connectivity index (χ2n) is 4.09. The van der Waals surface area contributed by atoms with Gasteiger partial charge >= 0.3 is 0 Å². The number of nitrogens with zero attached hydrogens (tertiary/aromatic N) is 3. The lowest BCUT2D eigenvalue weighted by molar-refractivity contribution is 0.0952. The Hall–Kier alpha value is -1.86. The number of aromatic nitrogens is 3. The molecular weight excluding hydrogens is 280 g/mol. The van der Waals surface area contributed by atoms with Crippen LogP contribution in [0.1, 0.15) is 10.4 Å². The third-order valence-corrected chi connectivity index (χ3v) is 3.59. The third-order valence-electron chi connectivity index (χ3n) is 2.91. The molecule has 3 rings (SSSR count). The van der Waals surface area contributed by atoms with Crippen LogP contribution in [0.4, 0.5) is 5.95 Å². The molecule has 0 radical (unpaired) electrons. The fraction of sp³-hybridized carbons (Fsp3) is 0.167. The summed E-state index contributed by atoms with van der Waals surface area (Å²) in [6.07, 6.45) is 0. The van der Waals surface area contributed by atoms with E-state index in [1.165, 1.54) is 4.57 Å². The van der Waals surface area contributed by atoms with Gasteiger partial charge in [-0.3, -0.25) is 9.36 Å². The fourth-order valence-electron chi connectivity index (χ4n) is 1.99. The Bertz CT molecular complexity index is 764. The molecular formula is C12H10N4OS2. The number of hydrogen-bond donors (Lipinski definition) is 1. The van der Waals surface area contributed by atoms with Gasteiger partial charge in [0.2, 0.25) is 10.7 Å². The van der Waals surface area contributed by atoms with E-state index in [0.717, 1.165) is 6.54 Å². The van der Waals surface area contributed by atoms with E-state index in [0.29, 0.717) is 22.8 Å². The molecule has 0 bridgehead atoms. The molecule has 0 spiro atoms. The van der Waals surface area contributed by atoms with Gasteiger partial charge in [-0.05, 0) is 36.6 Å². The minimum atomic E-state index is -0.245. The van der Waals surface area contributed by atoms with Crippen LogP contribution in [0.2, 0.25) is 0 Å². The molecule has 0 atom stereocenters. The maximum atomic E-state index is 12.4. The van der Waals surface area contributed by atoms with Crippen molar-refractivity contribution < 1.29 is 4.79 Å². The van der Waals surface area contributed by atoms with Crippen molar-refractivity contribution >= 4 is 36.3 Å². The van der Waals surface area contributed by atoms with Gasteiger partial charge in [0.15, 0.2) is 4.77 Å². The first-order chi connectivity index (χ1) is 9.18. The summed E-state index contributed by atoms with van der Waals surface area (Å²) in [6.45, 7) is 1.44. The molecule has 1 aromatic carbocycles. The second kappa shape index (κ2) is 4.67. The summed E-state index contributed by atoms with van der Waals surface area (Å²) < 4.78 is 3.65. The third kappa shape index (κ3) is 2.00. The van der Waals surface area contributed by atoms with Crippen molar-refractivity contribution in [2.75, 3.05) is 11.9 Å². The van der Waals surface area contributed by atoms with Gasteiger partial charge in [-0.15, -0.1) is 0 Å². The Morgan fingerprint density at radius 3 is 2.74 bits per heavy atom. The molecule has 7 heteroatoms. The van der Waals surface area contributed by atoms with Crippen LogP contribution in [0.3, 0.4) is 0 Å². The molecule has 0 aliphatic carbocycles. The normalized spacial score (nSPS) is 12.8. The maximum Gasteiger partial charge on any atom is 0.266 e. The highest BCUT2D eigenvalue weighted by atomic mass is 32.1. The molecule has 0 unspecified atom stereocenters. The van der Waals surface area contributed by atoms with E-state index in [9.17, 15) is 4.79 Å². The average molecular weight is 290 g/mol. The Morgan fingerprint density at radius 1 is 1.26 bits per heavy atom. The summed E-state index contributed by atoms with van der Waals surface area (Å²) >= 11 is 10.5. The summed E-state index contributed by atoms with van der Waals surface area (Å²) in [5.74, 6) is 0.386. The van der Waals surface area contributed by atoms with Gasteiger partial charge in [0.25, 0.3) is 5.91 Å². The van der Waals surface area contributed by atoms with Crippen LogP contribution < -0.4 is 5.32 Å². The van der Waals surface area contributed by atoms with Gasteiger partial charge in [-0.2, -0.15) is 4.98 Å². The Morgan fingerprint density at radius 2 is 2.00 bits per heavy atom. The van der Waals surface area contributed by atoms with Crippen LogP contribution in [-0.2, 0) is 6.54 Å². The molecule has 96 valence electrons. The van der Waals surface area contributed by atoms with Gasteiger partial charge in [0, 0.05) is 18.7 Å². The summed E-state index contributed by atoms with van der Waals surface area (Å²) in [7, 11) is 0. The number of rotatable bonds is 1. The second-order valence-corrected chi connectivity index (χ2v) is 4.82. The number of carbonyl (C=O) groups is 1. The zero-order valence-corrected chi connectivity index (χ0v) is 11.5. The molecule has 1 aliphatic heterocycles. The number of benzene rings is 1. The zero-order chi connectivity index (χ0) is 13.4. The van der Waals surface area contributed by atoms with E-state index in [1.54, 1.807) is 28.8 Å². The molecule has 1 aliphatic rings. The molecule has 19 heavy (non-hydrogen) atoms. The van der Waals surface area contributed by atoms with E-state index in [2.05, 4.69) is 10.3 Å². The van der Waals surface area contributed by atoms with E-state index >= 15 is 0 Å². The first-order valence-electron chi connectivity index (χ1n) is 5.76. The predicted octanol–water partition coefficient (Wildman–Crippen LogP) is 2.26. The first kappa shape index (κ1) is 12.2. The van der Waals surface area contributed by atoms with Gasteiger partial charge in [-0.1, -0.05) is 18.2 Å². The average Bonchev–Trinajstić information content (AvgIpc) is 2.88. The van der Waals surface area contributed by atoms with Gasteiger partial charge < -0.3 is 5.32 Å². The smallest absolute Gasteiger partial charge is 0.266 e. The maximum absolute atomic E-state index is 12.4. The van der Waals surface area contributed by atoms with Crippen molar-refractivity contribution in [3.8, 4) is 0 Å². The molecule has 0 saturated heterocycles. The molecule has 2 aromatic rings. The molecule has 0 saturated carbocycles. The number of fused-ring (bicyclic) bond motifs is 1. The van der Waals surface area contributed by atoms with Gasteiger partial charge in [0.1, 0.15) is 0 Å². The van der Waals surface area contributed by atoms with Crippen molar-refractivity contribution in [2.45, 2.75) is 6.54 Å². The number of anilines is 1. The highest BCUT2D eigenvalue weighted by molar-refractivity contribution is 7.72. The lowest BCUT2D eigenvalue weighted by Gasteiger charge is -2.09. The Labute approximate surface area is 119 Å². The van der Waals surface area contributed by atoms with Crippen LogP contribution in [0.5, 0.6) is 0 Å². The number of nitrogens with one attached hydrogen (secondary N) is 1. The number of carbonyl (C=O) groups excluding carboxylic acids is 1. The van der Waals surface area contributed by atoms with E-state index < -0.39 is 0 Å². The molecule has 0 amide bonds. The van der Waals surface area contributed by atoms with Crippen molar-refractivity contribution in [3.05, 3.63) is 45.4 Å². The summed E-state index contributed by atoms with van der Waals surface area (Å²) in [5, 5.41) is 3.08. The highest BCUT2D eigenvalue weighted by Crippen LogP contribution is 2.13. The van der Waals surface area contributed by atoms with Crippen LogP contribution in [0, 0.1) is 9.54 Å². The van der Waals surface area contributed by atoms with Gasteiger partial charge in [0.05, 0.1) is 0 Å². The number of hydrogen-bond acceptors (Lipinski definition) is 5. The van der Waals surface area contributed by atoms with E-state index in [-0.39, 0.29) is 10.7 Å². The predicted molar refractivity (Wildman–Crippen MR) is 76.5 cm³/mol. The van der Waals surface area contributed by atoms with Crippen molar-refractivity contribution in [2.24, 2.45) is 0 Å². The minimum Gasteiger partial charge on any atom is -0.354 e. The molecule has 2 heterocycles. The zero-order valence-electron chi connectivity index (χ0n) is 9.87. The largest absolute Gasteiger partial charge is 0.354 e. The van der Waals surface area contributed by atoms with Crippen molar-refractivity contribution in [1.82, 2.24) is 14.1 Å². The summed E-state index contributed by atoms with van der Waals surface area (Å²) in [4.78, 5) is 16.6. The molecule has 5 nitrogen and oxygen atoms in total. The monoisotopic (exact) mass is 290 g/mol. The first-order valence-corrected chi connectivity index (χ1v) is 6.57. The topological polar surface area (TPSA) is 51.9 Å². The molecule has 1 N–H and O–H groups in total. The van der Waals surface area contributed by atoms with Crippen LogP contribution in [-0.4, -0.2) is 26.6 Å². The van der Waals surface area contributed by atoms with Crippen molar-refractivity contribution in [3.63, 3.8) is 0 Å². The van der Waals surface area contributed by atoms with Crippen LogP contribution >= 0.6 is 24.4 Å². The van der Waals surface area contributed by atoms with Crippen LogP contribution in [0.25, 0.3) is 0 Å². The lowest BCUT2D eigenvalue weighted by Crippen LogP contribution is -2.19. The summed E-state index contributed by atoms with van der Waals surface area (Å²) in [6, 6.07) is 8.92. The van der Waals surface area contributed by atoms with Gasteiger partial charge in [-0.25, -0.2) is 4.57 Å². The SMILES string of the molecule is O=C(c1ccccc1)n1c(=S)nc2n(c1=S)CCN2. The fourth-order valence-corrected chi connectivity index (χ4v) is 2.65. The standard InChI is InChI=1S/C12H10N4OS2/c17-9(8-4-2-1-3-5-8)16-11(18)14-10-13-6-7-15(10)12(16)19/h1-5H,6-7H2,(H,13,14,18). The Kier molecular flexibility index (Phi) is 3.00.